The van der Waals surface area contributed by atoms with Gasteiger partial charge in [-0.3, -0.25) is 9.88 Å². The van der Waals surface area contributed by atoms with Crippen LogP contribution in [0.4, 0.5) is 4.39 Å². The van der Waals surface area contributed by atoms with Gasteiger partial charge in [0, 0.05) is 24.8 Å². The number of amidine groups is 1. The molecule has 0 atom stereocenters. The molecule has 5 nitrogen and oxygen atoms in total. The largest absolute Gasteiger partial charge is 0.409 e. The third-order valence-corrected chi connectivity index (χ3v) is 3.08. The molecule has 0 saturated carbocycles. The quantitative estimate of drug-likeness (QED) is 0.382. The highest BCUT2D eigenvalue weighted by atomic mass is 19.1. The molecule has 0 aliphatic carbocycles. The number of hydrogen-bond donors (Lipinski definition) is 2. The van der Waals surface area contributed by atoms with E-state index in [0.717, 1.165) is 5.56 Å². The lowest BCUT2D eigenvalue weighted by molar-refractivity contribution is 0.311. The van der Waals surface area contributed by atoms with Gasteiger partial charge in [0.15, 0.2) is 5.84 Å². The summed E-state index contributed by atoms with van der Waals surface area (Å²) in [6.07, 6.45) is 1.58. The molecule has 3 N–H and O–H groups in total. The van der Waals surface area contributed by atoms with Crippen molar-refractivity contribution < 1.29 is 9.60 Å². The number of nitrogens with two attached hydrogens (primary N) is 1. The minimum Gasteiger partial charge on any atom is -0.409 e. The van der Waals surface area contributed by atoms with Crippen LogP contribution in [0, 0.1) is 5.82 Å². The zero-order chi connectivity index (χ0) is 15.2. The Morgan fingerprint density at radius 3 is 2.62 bits per heavy atom. The molecule has 0 aliphatic rings. The SMILES string of the molecule is CN(Cc1ccccc1F)Cc1cccnc1C(N)=NO. The molecule has 2 aromatic rings. The van der Waals surface area contributed by atoms with Gasteiger partial charge in [-0.05, 0) is 24.7 Å². The van der Waals surface area contributed by atoms with Gasteiger partial charge in [-0.1, -0.05) is 29.4 Å². The first-order valence-corrected chi connectivity index (χ1v) is 6.45. The molecule has 0 unspecified atom stereocenters. The van der Waals surface area contributed by atoms with E-state index in [-0.39, 0.29) is 11.7 Å². The first-order valence-electron chi connectivity index (χ1n) is 6.45. The third kappa shape index (κ3) is 3.76. The average molecular weight is 288 g/mol. The smallest absolute Gasteiger partial charge is 0.189 e. The van der Waals surface area contributed by atoms with Crippen molar-refractivity contribution in [3.63, 3.8) is 0 Å². The van der Waals surface area contributed by atoms with Gasteiger partial charge in [0.05, 0.1) is 0 Å². The summed E-state index contributed by atoms with van der Waals surface area (Å²) in [5, 5.41) is 11.8. The van der Waals surface area contributed by atoms with E-state index in [1.807, 2.05) is 18.0 Å². The lowest BCUT2D eigenvalue weighted by Gasteiger charge is -2.18. The second kappa shape index (κ2) is 6.81. The first-order chi connectivity index (χ1) is 10.1. The zero-order valence-electron chi connectivity index (χ0n) is 11.7. The molecule has 0 bridgehead atoms. The number of aromatic nitrogens is 1. The second-order valence-corrected chi connectivity index (χ2v) is 4.76. The van der Waals surface area contributed by atoms with Crippen molar-refractivity contribution in [1.82, 2.24) is 9.88 Å². The Labute approximate surface area is 122 Å². The van der Waals surface area contributed by atoms with Crippen molar-refractivity contribution in [2.45, 2.75) is 13.1 Å². The fourth-order valence-electron chi connectivity index (χ4n) is 2.11. The van der Waals surface area contributed by atoms with E-state index in [0.29, 0.717) is 24.3 Å². The van der Waals surface area contributed by atoms with Crippen molar-refractivity contribution in [3.05, 3.63) is 65.2 Å². The highest BCUT2D eigenvalue weighted by Gasteiger charge is 2.11. The molecule has 1 heterocycles. The number of benzene rings is 1. The summed E-state index contributed by atoms with van der Waals surface area (Å²) < 4.78 is 13.6. The molecule has 110 valence electrons. The lowest BCUT2D eigenvalue weighted by atomic mass is 10.1. The van der Waals surface area contributed by atoms with Crippen LogP contribution in [0.5, 0.6) is 0 Å². The Balaban J connectivity index is 2.14. The fourth-order valence-corrected chi connectivity index (χ4v) is 2.11. The Morgan fingerprint density at radius 2 is 1.90 bits per heavy atom. The highest BCUT2D eigenvalue weighted by Crippen LogP contribution is 2.13. The van der Waals surface area contributed by atoms with Crippen LogP contribution < -0.4 is 5.73 Å². The molecule has 21 heavy (non-hydrogen) atoms. The average Bonchev–Trinajstić information content (AvgIpc) is 2.49. The summed E-state index contributed by atoms with van der Waals surface area (Å²) in [6, 6.07) is 10.3. The first kappa shape index (κ1) is 14.9. The van der Waals surface area contributed by atoms with E-state index in [9.17, 15) is 4.39 Å². The van der Waals surface area contributed by atoms with E-state index in [4.69, 9.17) is 10.9 Å². The molecule has 1 aromatic heterocycles. The van der Waals surface area contributed by atoms with Crippen molar-refractivity contribution >= 4 is 5.84 Å². The summed E-state index contributed by atoms with van der Waals surface area (Å²) in [5.74, 6) is -0.267. The Hall–Kier alpha value is -2.47. The molecular formula is C15H17FN4O. The maximum atomic E-state index is 13.6. The number of hydrogen-bond acceptors (Lipinski definition) is 4. The standard InChI is InChI=1S/C15H17FN4O/c1-20(9-11-5-2-3-7-13(11)16)10-12-6-4-8-18-14(12)15(17)19-21/h2-8,21H,9-10H2,1H3,(H2,17,19). The van der Waals surface area contributed by atoms with Crippen molar-refractivity contribution in [1.29, 1.82) is 0 Å². The fraction of sp³-hybridized carbons (Fsp3) is 0.200. The topological polar surface area (TPSA) is 74.7 Å². The predicted molar refractivity (Wildman–Crippen MR) is 78.3 cm³/mol. The number of nitrogens with zero attached hydrogens (tertiary/aromatic N) is 3. The summed E-state index contributed by atoms with van der Waals surface area (Å²) in [4.78, 5) is 6.04. The second-order valence-electron chi connectivity index (χ2n) is 4.76. The van der Waals surface area contributed by atoms with Crippen molar-refractivity contribution in [2.24, 2.45) is 10.9 Å². The molecule has 0 saturated heterocycles. The highest BCUT2D eigenvalue weighted by molar-refractivity contribution is 5.96. The van der Waals surface area contributed by atoms with Crippen LogP contribution in [0.25, 0.3) is 0 Å². The van der Waals surface area contributed by atoms with Gasteiger partial charge in [-0.15, -0.1) is 0 Å². The van der Waals surface area contributed by atoms with Crippen LogP contribution in [0.2, 0.25) is 0 Å². The molecule has 0 amide bonds. The van der Waals surface area contributed by atoms with Crippen LogP contribution in [0.15, 0.2) is 47.8 Å². The molecule has 0 fully saturated rings. The Morgan fingerprint density at radius 1 is 1.24 bits per heavy atom. The van der Waals surface area contributed by atoms with Crippen molar-refractivity contribution in [3.8, 4) is 0 Å². The summed E-state index contributed by atoms with van der Waals surface area (Å²) in [5.41, 5.74) is 7.47. The summed E-state index contributed by atoms with van der Waals surface area (Å²) in [6.45, 7) is 0.963. The summed E-state index contributed by atoms with van der Waals surface area (Å²) in [7, 11) is 1.87. The number of oxime groups is 1. The van der Waals surface area contributed by atoms with Gasteiger partial charge in [0.1, 0.15) is 11.5 Å². The molecule has 1 aromatic carbocycles. The molecule has 0 spiro atoms. The van der Waals surface area contributed by atoms with Crippen LogP contribution >= 0.6 is 0 Å². The number of rotatable bonds is 5. The van der Waals surface area contributed by atoms with E-state index in [1.165, 1.54) is 6.07 Å². The van der Waals surface area contributed by atoms with E-state index in [1.54, 1.807) is 30.5 Å². The predicted octanol–water partition coefficient (Wildman–Crippen LogP) is 1.95. The molecule has 0 radical (unpaired) electrons. The van der Waals surface area contributed by atoms with Gasteiger partial charge >= 0.3 is 0 Å². The molecule has 2 rings (SSSR count). The maximum Gasteiger partial charge on any atom is 0.189 e. The lowest BCUT2D eigenvalue weighted by Crippen LogP contribution is -2.23. The monoisotopic (exact) mass is 288 g/mol. The van der Waals surface area contributed by atoms with Gasteiger partial charge in [-0.2, -0.15) is 0 Å². The third-order valence-electron chi connectivity index (χ3n) is 3.08. The van der Waals surface area contributed by atoms with Gasteiger partial charge < -0.3 is 10.9 Å². The van der Waals surface area contributed by atoms with Gasteiger partial charge in [-0.25, -0.2) is 4.39 Å². The Bertz CT molecular complexity index is 645. The molecule has 6 heteroatoms. The maximum absolute atomic E-state index is 13.6. The van der Waals surface area contributed by atoms with E-state index < -0.39 is 0 Å². The van der Waals surface area contributed by atoms with Crippen LogP contribution in [0.1, 0.15) is 16.8 Å². The normalized spacial score (nSPS) is 11.9. The van der Waals surface area contributed by atoms with Gasteiger partial charge in [0.2, 0.25) is 0 Å². The van der Waals surface area contributed by atoms with Crippen molar-refractivity contribution in [2.75, 3.05) is 7.05 Å². The van der Waals surface area contributed by atoms with Crippen LogP contribution in [0.3, 0.4) is 0 Å². The molecular weight excluding hydrogens is 271 g/mol. The molecule has 0 aliphatic heterocycles. The Kier molecular flexibility index (Phi) is 4.84. The summed E-state index contributed by atoms with van der Waals surface area (Å²) >= 11 is 0. The van der Waals surface area contributed by atoms with Crippen LogP contribution in [-0.4, -0.2) is 28.0 Å². The number of pyridine rings is 1. The van der Waals surface area contributed by atoms with E-state index in [2.05, 4.69) is 10.1 Å². The zero-order valence-corrected chi connectivity index (χ0v) is 11.7. The number of halogens is 1. The minimum absolute atomic E-state index is 0.0371. The van der Waals surface area contributed by atoms with E-state index >= 15 is 0 Å². The minimum atomic E-state index is -0.229. The van der Waals surface area contributed by atoms with Crippen LogP contribution in [-0.2, 0) is 13.1 Å². The van der Waals surface area contributed by atoms with Gasteiger partial charge in [0.25, 0.3) is 0 Å².